The van der Waals surface area contributed by atoms with Crippen LogP contribution in [-0.2, 0) is 4.79 Å². The van der Waals surface area contributed by atoms with E-state index in [1.165, 1.54) is 0 Å². The molecule has 0 saturated heterocycles. The van der Waals surface area contributed by atoms with Crippen LogP contribution in [-0.4, -0.2) is 12.5 Å². The topological polar surface area (TPSA) is 17.1 Å². The molecule has 0 amide bonds. The van der Waals surface area contributed by atoms with Gasteiger partial charge in [-0.2, -0.15) is 13.2 Å². The van der Waals surface area contributed by atoms with Crippen molar-refractivity contribution in [1.82, 2.24) is 0 Å². The lowest BCUT2D eigenvalue weighted by atomic mass is 10.0. The summed E-state index contributed by atoms with van der Waals surface area (Å²) in [6.07, 6.45) is -0.0473. The summed E-state index contributed by atoms with van der Waals surface area (Å²) in [6.45, 7) is 2.05. The van der Waals surface area contributed by atoms with Gasteiger partial charge in [-0.1, -0.05) is 39.0 Å². The van der Waals surface area contributed by atoms with Gasteiger partial charge in [0, 0.05) is 0 Å². The predicted octanol–water partition coefficient (Wildman–Crippen LogP) is 3.72. The van der Waals surface area contributed by atoms with Gasteiger partial charge in [-0.15, -0.1) is 0 Å². The second-order valence-electron chi connectivity index (χ2n) is 3.49. The summed E-state index contributed by atoms with van der Waals surface area (Å²) in [7, 11) is 0. The second-order valence-corrected chi connectivity index (χ2v) is 3.49. The van der Waals surface area contributed by atoms with Crippen molar-refractivity contribution in [3.63, 3.8) is 0 Å². The molecular weight excluding hydrogens is 193 g/mol. The van der Waals surface area contributed by atoms with Gasteiger partial charge in [0.15, 0.2) is 0 Å². The summed E-state index contributed by atoms with van der Waals surface area (Å²) >= 11 is 0. The van der Waals surface area contributed by atoms with Crippen molar-refractivity contribution in [3.8, 4) is 0 Å². The van der Waals surface area contributed by atoms with Gasteiger partial charge in [0.2, 0.25) is 0 Å². The van der Waals surface area contributed by atoms with Crippen molar-refractivity contribution in [1.29, 1.82) is 0 Å². The molecule has 0 aliphatic carbocycles. The maximum Gasteiger partial charge on any atom is 0.398 e. The highest BCUT2D eigenvalue weighted by molar-refractivity contribution is 5.54. The van der Waals surface area contributed by atoms with E-state index >= 15 is 0 Å². The Balaban J connectivity index is 3.59. The molecule has 84 valence electrons. The SMILES string of the molecule is CCCCCCC[C@@H](C=O)C(F)(F)F. The van der Waals surface area contributed by atoms with Crippen molar-refractivity contribution in [2.75, 3.05) is 0 Å². The number of aldehydes is 1. The van der Waals surface area contributed by atoms with E-state index in [9.17, 15) is 18.0 Å². The van der Waals surface area contributed by atoms with Crippen LogP contribution in [0.25, 0.3) is 0 Å². The number of hydrogen-bond donors (Lipinski definition) is 0. The zero-order chi connectivity index (χ0) is 11.0. The molecule has 0 aromatic heterocycles. The van der Waals surface area contributed by atoms with E-state index in [2.05, 4.69) is 0 Å². The summed E-state index contributed by atoms with van der Waals surface area (Å²) < 4.78 is 36.2. The van der Waals surface area contributed by atoms with Crippen LogP contribution in [0.5, 0.6) is 0 Å². The van der Waals surface area contributed by atoms with Crippen molar-refractivity contribution in [2.45, 2.75) is 51.6 Å². The van der Waals surface area contributed by atoms with E-state index in [0.717, 1.165) is 25.7 Å². The average molecular weight is 210 g/mol. The molecular formula is C10H17F3O. The van der Waals surface area contributed by atoms with Crippen LogP contribution in [0, 0.1) is 5.92 Å². The predicted molar refractivity (Wildman–Crippen MR) is 49.0 cm³/mol. The molecule has 0 fully saturated rings. The highest BCUT2D eigenvalue weighted by Crippen LogP contribution is 2.28. The van der Waals surface area contributed by atoms with Crippen LogP contribution in [0.15, 0.2) is 0 Å². The monoisotopic (exact) mass is 210 g/mol. The molecule has 14 heavy (non-hydrogen) atoms. The fourth-order valence-electron chi connectivity index (χ4n) is 1.28. The Hall–Kier alpha value is -0.540. The van der Waals surface area contributed by atoms with Gasteiger partial charge >= 0.3 is 6.18 Å². The van der Waals surface area contributed by atoms with E-state index in [1.54, 1.807) is 0 Å². The maximum atomic E-state index is 12.1. The number of hydrogen-bond acceptors (Lipinski definition) is 1. The van der Waals surface area contributed by atoms with Gasteiger partial charge in [-0.05, 0) is 6.42 Å². The van der Waals surface area contributed by atoms with Gasteiger partial charge in [-0.3, -0.25) is 0 Å². The molecule has 1 atom stereocenters. The molecule has 1 nitrogen and oxygen atoms in total. The third-order valence-corrected chi connectivity index (χ3v) is 2.20. The standard InChI is InChI=1S/C10H17F3O/c1-2-3-4-5-6-7-9(8-14)10(11,12)13/h8-9H,2-7H2,1H3/t9-/m0/s1. The molecule has 0 rings (SSSR count). The minimum atomic E-state index is -4.35. The van der Waals surface area contributed by atoms with Crippen LogP contribution in [0.2, 0.25) is 0 Å². The highest BCUT2D eigenvalue weighted by atomic mass is 19.4. The first-order valence-corrected chi connectivity index (χ1v) is 5.04. The van der Waals surface area contributed by atoms with Crippen molar-refractivity contribution in [3.05, 3.63) is 0 Å². The summed E-state index contributed by atoms with van der Waals surface area (Å²) in [5.41, 5.74) is 0. The minimum absolute atomic E-state index is 0.0137. The Bertz CT molecular complexity index is 154. The van der Waals surface area contributed by atoms with Gasteiger partial charge in [-0.25, -0.2) is 0 Å². The molecule has 0 aromatic rings. The number of halogens is 3. The lowest BCUT2D eigenvalue weighted by Crippen LogP contribution is -2.23. The van der Waals surface area contributed by atoms with E-state index in [4.69, 9.17) is 0 Å². The fourth-order valence-corrected chi connectivity index (χ4v) is 1.28. The van der Waals surface area contributed by atoms with Crippen LogP contribution < -0.4 is 0 Å². The lowest BCUT2D eigenvalue weighted by Gasteiger charge is -2.13. The Morgan fingerprint density at radius 2 is 1.71 bits per heavy atom. The van der Waals surface area contributed by atoms with E-state index < -0.39 is 12.1 Å². The van der Waals surface area contributed by atoms with Gasteiger partial charge in [0.25, 0.3) is 0 Å². The molecule has 0 aromatic carbocycles. The van der Waals surface area contributed by atoms with Crippen LogP contribution in [0.1, 0.15) is 45.4 Å². The Kier molecular flexibility index (Phi) is 6.58. The quantitative estimate of drug-likeness (QED) is 0.462. The maximum absolute atomic E-state index is 12.1. The molecule has 0 spiro atoms. The summed E-state index contributed by atoms with van der Waals surface area (Å²) in [5, 5.41) is 0. The first kappa shape index (κ1) is 13.5. The molecule has 0 radical (unpaired) electrons. The first-order valence-electron chi connectivity index (χ1n) is 5.04. The summed E-state index contributed by atoms with van der Waals surface area (Å²) in [4.78, 5) is 10.2. The fraction of sp³-hybridized carbons (Fsp3) is 0.900. The molecule has 0 aliphatic heterocycles. The van der Waals surface area contributed by atoms with Crippen molar-refractivity contribution >= 4 is 6.29 Å². The van der Waals surface area contributed by atoms with Crippen molar-refractivity contribution < 1.29 is 18.0 Å². The lowest BCUT2D eigenvalue weighted by molar-refractivity contribution is -0.175. The smallest absolute Gasteiger partial charge is 0.303 e. The number of carbonyl (C=O) groups excluding carboxylic acids is 1. The molecule has 4 heteroatoms. The normalized spacial score (nSPS) is 14.0. The summed E-state index contributed by atoms with van der Waals surface area (Å²) in [6, 6.07) is 0. The average Bonchev–Trinajstić information content (AvgIpc) is 2.09. The summed E-state index contributed by atoms with van der Waals surface area (Å²) in [5.74, 6) is -1.76. The zero-order valence-corrected chi connectivity index (χ0v) is 8.44. The van der Waals surface area contributed by atoms with Crippen molar-refractivity contribution in [2.24, 2.45) is 5.92 Å². The number of carbonyl (C=O) groups is 1. The van der Waals surface area contributed by atoms with E-state index in [-0.39, 0.29) is 12.7 Å². The molecule has 0 bridgehead atoms. The Morgan fingerprint density at radius 1 is 1.14 bits per heavy atom. The van der Waals surface area contributed by atoms with E-state index in [1.807, 2.05) is 6.92 Å². The highest BCUT2D eigenvalue weighted by Gasteiger charge is 2.38. The number of alkyl halides is 3. The Labute approximate surface area is 82.7 Å². The minimum Gasteiger partial charge on any atom is -0.303 e. The third-order valence-electron chi connectivity index (χ3n) is 2.20. The van der Waals surface area contributed by atoms with Gasteiger partial charge < -0.3 is 4.79 Å². The third kappa shape index (κ3) is 6.00. The van der Waals surface area contributed by atoms with E-state index in [0.29, 0.717) is 6.42 Å². The van der Waals surface area contributed by atoms with Crippen LogP contribution >= 0.6 is 0 Å². The molecule has 0 heterocycles. The first-order chi connectivity index (χ1) is 6.52. The molecule has 0 unspecified atom stereocenters. The van der Waals surface area contributed by atoms with Crippen LogP contribution in [0.4, 0.5) is 13.2 Å². The van der Waals surface area contributed by atoms with Gasteiger partial charge in [0.1, 0.15) is 12.2 Å². The number of rotatable bonds is 7. The number of unbranched alkanes of at least 4 members (excludes halogenated alkanes) is 4. The largest absolute Gasteiger partial charge is 0.398 e. The molecule has 0 N–H and O–H groups in total. The molecule has 0 saturated carbocycles. The zero-order valence-electron chi connectivity index (χ0n) is 8.44. The second kappa shape index (κ2) is 6.85. The van der Waals surface area contributed by atoms with Gasteiger partial charge in [0.05, 0.1) is 0 Å². The Morgan fingerprint density at radius 3 is 2.14 bits per heavy atom. The molecule has 0 aliphatic rings. The van der Waals surface area contributed by atoms with Crippen LogP contribution in [0.3, 0.4) is 0 Å².